The van der Waals surface area contributed by atoms with Crippen LogP contribution in [0.25, 0.3) is 0 Å². The second-order valence-electron chi connectivity index (χ2n) is 4.90. The summed E-state index contributed by atoms with van der Waals surface area (Å²) in [5.41, 5.74) is 7.38. The summed E-state index contributed by atoms with van der Waals surface area (Å²) in [5.74, 6) is 0. The van der Waals surface area contributed by atoms with E-state index in [1.165, 1.54) is 5.56 Å². The first kappa shape index (κ1) is 12.8. The Balaban J connectivity index is 2.02. The second kappa shape index (κ2) is 5.36. The number of rotatable bonds is 3. The molecule has 0 bridgehead atoms. The summed E-state index contributed by atoms with van der Waals surface area (Å²) < 4.78 is 0. The van der Waals surface area contributed by atoms with E-state index in [-0.39, 0.29) is 5.66 Å². The lowest BCUT2D eigenvalue weighted by molar-refractivity contribution is 0.0932. The summed E-state index contributed by atoms with van der Waals surface area (Å²) in [7, 11) is 0. The quantitative estimate of drug-likeness (QED) is 0.857. The molecule has 0 spiro atoms. The average Bonchev–Trinajstić information content (AvgIpc) is 2.33. The van der Waals surface area contributed by atoms with Crippen LogP contribution in [0.5, 0.6) is 0 Å². The lowest BCUT2D eigenvalue weighted by Crippen LogP contribution is -2.60. The van der Waals surface area contributed by atoms with Crippen molar-refractivity contribution in [3.63, 3.8) is 0 Å². The molecule has 94 valence electrons. The van der Waals surface area contributed by atoms with Crippen molar-refractivity contribution in [2.24, 2.45) is 5.73 Å². The predicted octanol–water partition coefficient (Wildman–Crippen LogP) is 1.46. The maximum absolute atomic E-state index is 6.43. The largest absolute Gasteiger partial charge is 0.314 e. The molecule has 0 aliphatic carbocycles. The molecule has 1 aromatic rings. The molecule has 0 amide bonds. The van der Waals surface area contributed by atoms with Crippen LogP contribution in [0, 0.1) is 0 Å². The van der Waals surface area contributed by atoms with Crippen LogP contribution in [0.3, 0.4) is 0 Å². The molecular formula is C13H20ClN3. The SMILES string of the molecule is CC(N)(Cc1ccc(Cl)cc1)N1CCNCC1. The van der Waals surface area contributed by atoms with Gasteiger partial charge in [-0.3, -0.25) is 4.90 Å². The molecule has 0 aromatic heterocycles. The van der Waals surface area contributed by atoms with E-state index < -0.39 is 0 Å². The number of hydrogen-bond donors (Lipinski definition) is 2. The van der Waals surface area contributed by atoms with E-state index in [9.17, 15) is 0 Å². The van der Waals surface area contributed by atoms with Gasteiger partial charge >= 0.3 is 0 Å². The fourth-order valence-corrected chi connectivity index (χ4v) is 2.43. The Morgan fingerprint density at radius 1 is 1.29 bits per heavy atom. The highest BCUT2D eigenvalue weighted by atomic mass is 35.5. The second-order valence-corrected chi connectivity index (χ2v) is 5.33. The highest BCUT2D eigenvalue weighted by Gasteiger charge is 2.28. The number of piperazine rings is 1. The zero-order valence-corrected chi connectivity index (χ0v) is 11.0. The van der Waals surface area contributed by atoms with Crippen LogP contribution in [0.4, 0.5) is 0 Å². The van der Waals surface area contributed by atoms with Crippen LogP contribution in [0.2, 0.25) is 5.02 Å². The van der Waals surface area contributed by atoms with Gasteiger partial charge in [0.15, 0.2) is 0 Å². The third kappa shape index (κ3) is 3.42. The minimum absolute atomic E-state index is 0.282. The first-order valence-corrected chi connectivity index (χ1v) is 6.45. The average molecular weight is 254 g/mol. The standard InChI is InChI=1S/C13H20ClN3/c1-13(15,17-8-6-16-7-9-17)10-11-2-4-12(14)5-3-11/h2-5,16H,6-10,15H2,1H3. The van der Waals surface area contributed by atoms with Gasteiger partial charge in [-0.1, -0.05) is 23.7 Å². The molecule has 0 radical (unpaired) electrons. The van der Waals surface area contributed by atoms with Crippen molar-refractivity contribution in [2.45, 2.75) is 19.0 Å². The number of hydrogen-bond acceptors (Lipinski definition) is 3. The maximum Gasteiger partial charge on any atom is 0.0700 e. The molecule has 1 fully saturated rings. The molecule has 1 aliphatic rings. The number of nitrogens with zero attached hydrogens (tertiary/aromatic N) is 1. The van der Waals surface area contributed by atoms with E-state index in [0.717, 1.165) is 37.6 Å². The lowest BCUT2D eigenvalue weighted by Gasteiger charge is -2.41. The van der Waals surface area contributed by atoms with E-state index in [1.807, 2.05) is 12.1 Å². The van der Waals surface area contributed by atoms with Gasteiger partial charge in [0, 0.05) is 37.6 Å². The summed E-state index contributed by atoms with van der Waals surface area (Å²) in [4.78, 5) is 2.35. The molecule has 17 heavy (non-hydrogen) atoms. The summed E-state index contributed by atoms with van der Waals surface area (Å²) in [6, 6.07) is 7.95. The Morgan fingerprint density at radius 2 is 1.88 bits per heavy atom. The van der Waals surface area contributed by atoms with E-state index in [0.29, 0.717) is 0 Å². The Morgan fingerprint density at radius 3 is 2.47 bits per heavy atom. The highest BCUT2D eigenvalue weighted by molar-refractivity contribution is 6.30. The highest BCUT2D eigenvalue weighted by Crippen LogP contribution is 2.18. The Bertz CT molecular complexity index is 355. The van der Waals surface area contributed by atoms with Gasteiger partial charge in [-0.15, -0.1) is 0 Å². The van der Waals surface area contributed by atoms with E-state index in [1.54, 1.807) is 0 Å². The van der Waals surface area contributed by atoms with Gasteiger partial charge in [-0.05, 0) is 24.6 Å². The zero-order chi connectivity index (χ0) is 12.3. The topological polar surface area (TPSA) is 41.3 Å². The maximum atomic E-state index is 6.43. The first-order chi connectivity index (χ1) is 8.08. The van der Waals surface area contributed by atoms with Gasteiger partial charge in [0.2, 0.25) is 0 Å². The molecule has 2 rings (SSSR count). The van der Waals surface area contributed by atoms with Crippen LogP contribution in [0.15, 0.2) is 24.3 Å². The molecule has 3 nitrogen and oxygen atoms in total. The smallest absolute Gasteiger partial charge is 0.0700 e. The number of nitrogens with two attached hydrogens (primary N) is 1. The van der Waals surface area contributed by atoms with Crippen LogP contribution < -0.4 is 11.1 Å². The van der Waals surface area contributed by atoms with Crippen LogP contribution in [0.1, 0.15) is 12.5 Å². The summed E-state index contributed by atoms with van der Waals surface area (Å²) in [6.45, 7) is 6.18. The molecule has 1 saturated heterocycles. The minimum atomic E-state index is -0.282. The van der Waals surface area contributed by atoms with Crippen molar-refractivity contribution >= 4 is 11.6 Å². The van der Waals surface area contributed by atoms with Crippen LogP contribution >= 0.6 is 11.6 Å². The molecule has 1 aliphatic heterocycles. The third-order valence-corrected chi connectivity index (χ3v) is 3.57. The van der Waals surface area contributed by atoms with E-state index >= 15 is 0 Å². The fourth-order valence-electron chi connectivity index (χ4n) is 2.30. The Labute approximate surface area is 108 Å². The Hall–Kier alpha value is -0.610. The minimum Gasteiger partial charge on any atom is -0.314 e. The van der Waals surface area contributed by atoms with Crippen molar-refractivity contribution in [1.29, 1.82) is 0 Å². The summed E-state index contributed by atoms with van der Waals surface area (Å²) >= 11 is 5.88. The van der Waals surface area contributed by atoms with Crippen LogP contribution in [-0.4, -0.2) is 36.7 Å². The van der Waals surface area contributed by atoms with Gasteiger partial charge in [0.05, 0.1) is 5.66 Å². The molecule has 1 heterocycles. The summed E-state index contributed by atoms with van der Waals surface area (Å²) in [5, 5.41) is 4.12. The van der Waals surface area contributed by atoms with Crippen molar-refractivity contribution in [2.75, 3.05) is 26.2 Å². The van der Waals surface area contributed by atoms with Crippen molar-refractivity contribution in [3.8, 4) is 0 Å². The molecular weight excluding hydrogens is 234 g/mol. The number of nitrogens with one attached hydrogen (secondary N) is 1. The molecule has 3 N–H and O–H groups in total. The third-order valence-electron chi connectivity index (χ3n) is 3.31. The first-order valence-electron chi connectivity index (χ1n) is 6.07. The van der Waals surface area contributed by atoms with E-state index in [2.05, 4.69) is 29.3 Å². The molecule has 4 heteroatoms. The zero-order valence-electron chi connectivity index (χ0n) is 10.2. The van der Waals surface area contributed by atoms with E-state index in [4.69, 9.17) is 17.3 Å². The fraction of sp³-hybridized carbons (Fsp3) is 0.538. The van der Waals surface area contributed by atoms with Gasteiger partial charge < -0.3 is 11.1 Å². The molecule has 1 atom stereocenters. The van der Waals surface area contributed by atoms with Gasteiger partial charge in [-0.2, -0.15) is 0 Å². The summed E-state index contributed by atoms with van der Waals surface area (Å²) in [6.07, 6.45) is 0.851. The molecule has 0 saturated carbocycles. The molecule has 1 unspecified atom stereocenters. The van der Waals surface area contributed by atoms with Crippen LogP contribution in [-0.2, 0) is 6.42 Å². The predicted molar refractivity (Wildman–Crippen MR) is 72.2 cm³/mol. The van der Waals surface area contributed by atoms with Crippen molar-refractivity contribution in [3.05, 3.63) is 34.9 Å². The number of benzene rings is 1. The van der Waals surface area contributed by atoms with Gasteiger partial charge in [-0.25, -0.2) is 0 Å². The number of halogens is 1. The van der Waals surface area contributed by atoms with Crippen molar-refractivity contribution in [1.82, 2.24) is 10.2 Å². The monoisotopic (exact) mass is 253 g/mol. The van der Waals surface area contributed by atoms with Crippen molar-refractivity contribution < 1.29 is 0 Å². The van der Waals surface area contributed by atoms with Gasteiger partial charge in [0.1, 0.15) is 0 Å². The normalized spacial score (nSPS) is 21.1. The molecule has 1 aromatic carbocycles. The Kier molecular flexibility index (Phi) is 4.05. The lowest BCUT2D eigenvalue weighted by atomic mass is 10.00. The van der Waals surface area contributed by atoms with Gasteiger partial charge in [0.25, 0.3) is 0 Å².